The number of benzene rings is 2. The molecule has 3 aromatic rings. The highest BCUT2D eigenvalue weighted by Crippen LogP contribution is 2.43. The van der Waals surface area contributed by atoms with Crippen molar-refractivity contribution >= 4 is 28.2 Å². The molecule has 1 amide bonds. The summed E-state index contributed by atoms with van der Waals surface area (Å²) in [6, 6.07) is 17.5. The fourth-order valence-electron chi connectivity index (χ4n) is 4.12. The number of ether oxygens (including phenoxy) is 2. The highest BCUT2D eigenvalue weighted by atomic mass is 32.1. The average Bonchev–Trinajstić information content (AvgIpc) is 3.19. The predicted octanol–water partition coefficient (Wildman–Crippen LogP) is 5.85. The van der Waals surface area contributed by atoms with Crippen molar-refractivity contribution in [2.75, 3.05) is 19.0 Å². The molecule has 0 bridgehead atoms. The second kappa shape index (κ2) is 10.0. The van der Waals surface area contributed by atoms with Crippen LogP contribution >= 0.6 is 11.3 Å². The number of anilines is 1. The van der Waals surface area contributed by atoms with Crippen LogP contribution < -0.4 is 10.1 Å². The Morgan fingerprint density at radius 1 is 1.12 bits per heavy atom. The lowest BCUT2D eigenvalue weighted by Crippen LogP contribution is -2.16. The summed E-state index contributed by atoms with van der Waals surface area (Å²) in [5.74, 6) is 0.388. The molecule has 1 heterocycles. The Kier molecular flexibility index (Phi) is 6.90. The normalized spacial score (nSPS) is 15.0. The van der Waals surface area contributed by atoms with Crippen molar-refractivity contribution in [3.8, 4) is 5.75 Å². The zero-order valence-electron chi connectivity index (χ0n) is 18.4. The molecule has 0 saturated heterocycles. The third-order valence-corrected chi connectivity index (χ3v) is 6.89. The van der Waals surface area contributed by atoms with Crippen LogP contribution in [-0.4, -0.2) is 25.6 Å². The summed E-state index contributed by atoms with van der Waals surface area (Å²) in [6.45, 7) is 2.63. The summed E-state index contributed by atoms with van der Waals surface area (Å²) in [5.41, 5.74) is 3.29. The molecule has 1 unspecified atom stereocenters. The molecule has 0 fully saturated rings. The third-order valence-electron chi connectivity index (χ3n) is 5.72. The molecule has 1 aromatic heterocycles. The second-order valence-corrected chi connectivity index (χ2v) is 8.99. The second-order valence-electron chi connectivity index (χ2n) is 7.88. The first kappa shape index (κ1) is 22.1. The summed E-state index contributed by atoms with van der Waals surface area (Å²) < 4.78 is 10.7. The minimum absolute atomic E-state index is 0.268. The van der Waals surface area contributed by atoms with Gasteiger partial charge in [-0.25, -0.2) is 4.79 Å². The van der Waals surface area contributed by atoms with Gasteiger partial charge in [-0.1, -0.05) is 43.3 Å². The average molecular weight is 450 g/mol. The smallest absolute Gasteiger partial charge is 0.341 e. The van der Waals surface area contributed by atoms with Crippen molar-refractivity contribution in [2.24, 2.45) is 0 Å². The quantitative estimate of drug-likeness (QED) is 0.460. The molecule has 166 valence electrons. The van der Waals surface area contributed by atoms with E-state index in [4.69, 9.17) is 9.47 Å². The maximum atomic E-state index is 13.0. The Balaban J connectivity index is 1.60. The van der Waals surface area contributed by atoms with Crippen molar-refractivity contribution in [2.45, 2.75) is 38.5 Å². The Bertz CT molecular complexity index is 1110. The lowest BCUT2D eigenvalue weighted by Gasteiger charge is -2.22. The van der Waals surface area contributed by atoms with E-state index in [9.17, 15) is 9.59 Å². The van der Waals surface area contributed by atoms with E-state index >= 15 is 0 Å². The molecular weight excluding hydrogens is 422 g/mol. The van der Waals surface area contributed by atoms with Crippen LogP contribution in [0.15, 0.2) is 54.6 Å². The van der Waals surface area contributed by atoms with Crippen LogP contribution in [0.3, 0.4) is 0 Å². The molecule has 5 nitrogen and oxygen atoms in total. The van der Waals surface area contributed by atoms with Gasteiger partial charge in [0.1, 0.15) is 10.8 Å². The van der Waals surface area contributed by atoms with Crippen LogP contribution in [-0.2, 0) is 17.6 Å². The number of nitrogens with one attached hydrogen (secondary N) is 1. The van der Waals surface area contributed by atoms with Gasteiger partial charge in [0.25, 0.3) is 5.91 Å². The number of hydrogen-bond donors (Lipinski definition) is 1. The van der Waals surface area contributed by atoms with Gasteiger partial charge in [0.05, 0.1) is 19.3 Å². The van der Waals surface area contributed by atoms with E-state index in [1.54, 1.807) is 18.2 Å². The number of carbonyl (C=O) groups is 2. The highest BCUT2D eigenvalue weighted by Gasteiger charge is 2.30. The first-order chi connectivity index (χ1) is 15.6. The maximum Gasteiger partial charge on any atom is 0.341 e. The maximum absolute atomic E-state index is 13.0. The van der Waals surface area contributed by atoms with Crippen LogP contribution in [0, 0.1) is 0 Å². The molecule has 4 rings (SSSR count). The Morgan fingerprint density at radius 2 is 1.94 bits per heavy atom. The Hall–Kier alpha value is -3.12. The van der Waals surface area contributed by atoms with Crippen molar-refractivity contribution in [3.63, 3.8) is 0 Å². The topological polar surface area (TPSA) is 64.6 Å². The SMILES string of the molecule is CCCOc1cccc(C(=O)Nc2sc3c(c2C(=O)OC)CCC(c2ccccc2)C3)c1. The van der Waals surface area contributed by atoms with E-state index in [1.807, 2.05) is 19.1 Å². The summed E-state index contributed by atoms with van der Waals surface area (Å²) in [7, 11) is 1.38. The van der Waals surface area contributed by atoms with Crippen LogP contribution in [0.4, 0.5) is 5.00 Å². The van der Waals surface area contributed by atoms with Gasteiger partial charge in [0, 0.05) is 10.4 Å². The number of esters is 1. The standard InChI is InChI=1S/C26H27NO4S/c1-3-14-31-20-11-7-10-19(15-20)24(28)27-25-23(26(29)30-2)21-13-12-18(16-22(21)32-25)17-8-5-4-6-9-17/h4-11,15,18H,3,12-14,16H2,1-2H3,(H,27,28). The van der Waals surface area contributed by atoms with Crippen molar-refractivity contribution in [1.82, 2.24) is 0 Å². The van der Waals surface area contributed by atoms with Gasteiger partial charge in [0.15, 0.2) is 0 Å². The van der Waals surface area contributed by atoms with Crippen molar-refractivity contribution < 1.29 is 19.1 Å². The van der Waals surface area contributed by atoms with Gasteiger partial charge < -0.3 is 14.8 Å². The zero-order chi connectivity index (χ0) is 22.5. The van der Waals surface area contributed by atoms with Gasteiger partial charge in [-0.3, -0.25) is 4.79 Å². The molecule has 0 radical (unpaired) electrons. The molecule has 0 aliphatic heterocycles. The van der Waals surface area contributed by atoms with Gasteiger partial charge >= 0.3 is 5.97 Å². The minimum Gasteiger partial charge on any atom is -0.494 e. The van der Waals surface area contributed by atoms with Crippen LogP contribution in [0.25, 0.3) is 0 Å². The number of amides is 1. The Morgan fingerprint density at radius 3 is 2.69 bits per heavy atom. The van der Waals surface area contributed by atoms with Crippen molar-refractivity contribution in [1.29, 1.82) is 0 Å². The largest absolute Gasteiger partial charge is 0.494 e. The summed E-state index contributed by atoms with van der Waals surface area (Å²) >= 11 is 1.48. The fourth-order valence-corrected chi connectivity index (χ4v) is 5.43. The number of carbonyl (C=O) groups excluding carboxylic acids is 2. The molecule has 2 aromatic carbocycles. The monoisotopic (exact) mass is 449 g/mol. The van der Waals surface area contributed by atoms with Gasteiger partial charge in [-0.2, -0.15) is 0 Å². The van der Waals surface area contributed by atoms with E-state index in [0.717, 1.165) is 36.1 Å². The van der Waals surface area contributed by atoms with Crippen LogP contribution in [0.2, 0.25) is 0 Å². The number of fused-ring (bicyclic) bond motifs is 1. The number of thiophene rings is 1. The van der Waals surface area contributed by atoms with Gasteiger partial charge in [0.2, 0.25) is 0 Å². The summed E-state index contributed by atoms with van der Waals surface area (Å²) in [5, 5.41) is 3.52. The molecule has 1 atom stereocenters. The summed E-state index contributed by atoms with van der Waals surface area (Å²) in [6.07, 6.45) is 3.49. The molecule has 1 aliphatic carbocycles. The van der Waals surface area contributed by atoms with Crippen LogP contribution in [0.5, 0.6) is 5.75 Å². The predicted molar refractivity (Wildman–Crippen MR) is 127 cm³/mol. The summed E-state index contributed by atoms with van der Waals surface area (Å²) in [4.78, 5) is 26.8. The Labute approximate surface area is 192 Å². The molecule has 1 aliphatic rings. The molecule has 32 heavy (non-hydrogen) atoms. The van der Waals surface area contributed by atoms with Gasteiger partial charge in [-0.05, 0) is 60.9 Å². The zero-order valence-corrected chi connectivity index (χ0v) is 19.2. The minimum atomic E-state index is -0.406. The molecule has 6 heteroatoms. The van der Waals surface area contributed by atoms with E-state index in [-0.39, 0.29) is 5.91 Å². The van der Waals surface area contributed by atoms with E-state index in [1.165, 1.54) is 24.0 Å². The fraction of sp³-hybridized carbons (Fsp3) is 0.308. The molecule has 0 saturated carbocycles. The van der Waals surface area contributed by atoms with Crippen LogP contribution in [0.1, 0.15) is 62.4 Å². The first-order valence-electron chi connectivity index (χ1n) is 10.9. The van der Waals surface area contributed by atoms with E-state index < -0.39 is 5.97 Å². The van der Waals surface area contributed by atoms with E-state index in [2.05, 4.69) is 29.6 Å². The number of hydrogen-bond acceptors (Lipinski definition) is 5. The lowest BCUT2D eigenvalue weighted by atomic mass is 9.83. The third kappa shape index (κ3) is 4.70. The van der Waals surface area contributed by atoms with E-state index in [0.29, 0.717) is 34.4 Å². The first-order valence-corrected chi connectivity index (χ1v) is 11.7. The number of methoxy groups -OCH3 is 1. The highest BCUT2D eigenvalue weighted by molar-refractivity contribution is 7.17. The van der Waals surface area contributed by atoms with Gasteiger partial charge in [-0.15, -0.1) is 11.3 Å². The molecular formula is C26H27NO4S. The molecule has 0 spiro atoms. The lowest BCUT2D eigenvalue weighted by molar-refractivity contribution is 0.0601. The van der Waals surface area contributed by atoms with Crippen molar-refractivity contribution in [3.05, 3.63) is 81.7 Å². The number of rotatable bonds is 7. The molecule has 1 N–H and O–H groups in total.